The summed E-state index contributed by atoms with van der Waals surface area (Å²) in [5.74, 6) is 0. The molecule has 0 N–H and O–H groups in total. The van der Waals surface area contributed by atoms with Crippen molar-refractivity contribution in [1.29, 1.82) is 0 Å². The predicted octanol–water partition coefficient (Wildman–Crippen LogP) is 16.3. The Morgan fingerprint density at radius 1 is 0.288 bits per heavy atom. The van der Waals surface area contributed by atoms with Crippen molar-refractivity contribution in [2.75, 3.05) is 4.90 Å². The van der Waals surface area contributed by atoms with Crippen LogP contribution in [0.2, 0.25) is 0 Å². The minimum Gasteiger partial charge on any atom is -0.456 e. The van der Waals surface area contributed by atoms with E-state index in [4.69, 9.17) is 8.83 Å². The molecule has 0 bridgehead atoms. The first kappa shape index (κ1) is 33.3. The summed E-state index contributed by atoms with van der Waals surface area (Å²) in [6, 6.07) is 75.8. The number of anilines is 3. The van der Waals surface area contributed by atoms with E-state index in [1.807, 2.05) is 12.1 Å². The first-order valence-corrected chi connectivity index (χ1v) is 20.1. The summed E-state index contributed by atoms with van der Waals surface area (Å²) in [5.41, 5.74) is 13.7. The molecule has 3 heteroatoms. The van der Waals surface area contributed by atoms with Gasteiger partial charge >= 0.3 is 0 Å². The van der Waals surface area contributed by atoms with Crippen molar-refractivity contribution in [2.24, 2.45) is 0 Å². The Morgan fingerprint density at radius 3 is 1.63 bits per heavy atom. The van der Waals surface area contributed by atoms with Gasteiger partial charge in [-0.05, 0) is 122 Å². The second-order valence-corrected chi connectivity index (χ2v) is 15.3. The quantitative estimate of drug-likeness (QED) is 0.169. The van der Waals surface area contributed by atoms with Gasteiger partial charge < -0.3 is 13.7 Å². The van der Waals surface area contributed by atoms with Crippen LogP contribution in [0.1, 0.15) is 0 Å². The number of hydrogen-bond acceptors (Lipinski definition) is 3. The molecule has 0 aliphatic carbocycles. The SMILES string of the molecule is c1cc(-c2ccc(N(c3ccc(-c4ccc5c(c4)oc4ccccc45)cc3)c3cccc4oc5c6ccccc6ccc5c34)cc2)cc(-c2ccc3ccccc3c2)c1. The lowest BCUT2D eigenvalue weighted by molar-refractivity contribution is 0.669. The molecule has 0 saturated heterocycles. The zero-order valence-electron chi connectivity index (χ0n) is 32.0. The highest BCUT2D eigenvalue weighted by Crippen LogP contribution is 2.45. The number of nitrogens with zero attached hydrogens (tertiary/aromatic N) is 1. The van der Waals surface area contributed by atoms with E-state index in [2.05, 4.69) is 205 Å². The third-order valence-electron chi connectivity index (χ3n) is 11.8. The second kappa shape index (κ2) is 13.4. The number of rotatable bonds is 6. The number of benzene rings is 10. The molecule has 0 spiro atoms. The van der Waals surface area contributed by atoms with Gasteiger partial charge in [0, 0.05) is 32.9 Å². The maximum atomic E-state index is 6.67. The number of hydrogen-bond donors (Lipinski definition) is 0. The fourth-order valence-electron chi connectivity index (χ4n) is 8.91. The van der Waals surface area contributed by atoms with Crippen molar-refractivity contribution in [3.05, 3.63) is 212 Å². The molecule has 0 unspecified atom stereocenters. The van der Waals surface area contributed by atoms with E-state index in [9.17, 15) is 0 Å². The van der Waals surface area contributed by atoms with Crippen LogP contribution in [-0.4, -0.2) is 0 Å². The van der Waals surface area contributed by atoms with E-state index in [0.717, 1.165) is 88.4 Å². The highest BCUT2D eigenvalue weighted by Gasteiger charge is 2.21. The van der Waals surface area contributed by atoms with Crippen molar-refractivity contribution >= 4 is 82.5 Å². The van der Waals surface area contributed by atoms with E-state index in [0.29, 0.717) is 0 Å². The van der Waals surface area contributed by atoms with Gasteiger partial charge in [0.25, 0.3) is 0 Å². The fourth-order valence-corrected chi connectivity index (χ4v) is 8.91. The average molecular weight is 754 g/mol. The molecule has 276 valence electrons. The first-order chi connectivity index (χ1) is 29.2. The highest BCUT2D eigenvalue weighted by molar-refractivity contribution is 6.19. The zero-order chi connectivity index (χ0) is 38.9. The van der Waals surface area contributed by atoms with Crippen molar-refractivity contribution in [1.82, 2.24) is 0 Å². The van der Waals surface area contributed by atoms with Crippen LogP contribution in [0, 0.1) is 0 Å². The van der Waals surface area contributed by atoms with Gasteiger partial charge in [-0.2, -0.15) is 0 Å². The smallest absolute Gasteiger partial charge is 0.143 e. The molecule has 0 amide bonds. The van der Waals surface area contributed by atoms with Crippen LogP contribution >= 0.6 is 0 Å². The monoisotopic (exact) mass is 753 g/mol. The number of para-hydroxylation sites is 1. The predicted molar refractivity (Wildman–Crippen MR) is 247 cm³/mol. The standard InChI is InChI=1S/C56H35NO2/c1-2-11-40-34-43(20-19-36(40)9-1)42-13-7-12-41(33-42)37-21-27-45(28-22-37)57(51-16-8-18-53-55(51)50-32-25-39-10-3-4-14-47(39)56(50)59-53)46-29-23-38(24-30-46)44-26-31-49-48-15-5-6-17-52(48)58-54(49)35-44/h1-35H. The van der Waals surface area contributed by atoms with Crippen LogP contribution in [0.5, 0.6) is 0 Å². The van der Waals surface area contributed by atoms with Gasteiger partial charge in [0.15, 0.2) is 0 Å². The van der Waals surface area contributed by atoms with Crippen LogP contribution in [-0.2, 0) is 0 Å². The molecule has 0 aliphatic heterocycles. The van der Waals surface area contributed by atoms with E-state index in [1.54, 1.807) is 0 Å². The average Bonchev–Trinajstić information content (AvgIpc) is 3.88. The fraction of sp³-hybridized carbons (Fsp3) is 0. The van der Waals surface area contributed by atoms with Gasteiger partial charge in [0.05, 0.1) is 11.1 Å². The van der Waals surface area contributed by atoms with Crippen LogP contribution in [0.3, 0.4) is 0 Å². The van der Waals surface area contributed by atoms with Gasteiger partial charge in [-0.25, -0.2) is 0 Å². The van der Waals surface area contributed by atoms with E-state index >= 15 is 0 Å². The van der Waals surface area contributed by atoms with Crippen LogP contribution < -0.4 is 4.90 Å². The summed E-state index contributed by atoms with van der Waals surface area (Å²) >= 11 is 0. The maximum Gasteiger partial charge on any atom is 0.143 e. The van der Waals surface area contributed by atoms with Gasteiger partial charge in [0.2, 0.25) is 0 Å². The Morgan fingerprint density at radius 2 is 0.831 bits per heavy atom. The van der Waals surface area contributed by atoms with Gasteiger partial charge in [-0.1, -0.05) is 140 Å². The number of fused-ring (bicyclic) bond motifs is 9. The Labute approximate surface area is 340 Å². The van der Waals surface area contributed by atoms with Crippen molar-refractivity contribution in [3.63, 3.8) is 0 Å². The molecule has 0 aliphatic rings. The summed E-state index contributed by atoms with van der Waals surface area (Å²) in [6.45, 7) is 0. The highest BCUT2D eigenvalue weighted by atomic mass is 16.3. The summed E-state index contributed by atoms with van der Waals surface area (Å²) in [6.07, 6.45) is 0. The maximum absolute atomic E-state index is 6.67. The molecule has 0 radical (unpaired) electrons. The van der Waals surface area contributed by atoms with Crippen LogP contribution in [0.25, 0.3) is 98.8 Å². The lowest BCUT2D eigenvalue weighted by Gasteiger charge is -2.26. The third kappa shape index (κ3) is 5.59. The summed E-state index contributed by atoms with van der Waals surface area (Å²) in [5, 5.41) is 9.21. The molecular weight excluding hydrogens is 719 g/mol. The molecule has 12 rings (SSSR count). The van der Waals surface area contributed by atoms with Gasteiger partial charge in [0.1, 0.15) is 22.3 Å². The van der Waals surface area contributed by atoms with E-state index < -0.39 is 0 Å². The summed E-state index contributed by atoms with van der Waals surface area (Å²) < 4.78 is 12.9. The molecule has 2 heterocycles. The zero-order valence-corrected chi connectivity index (χ0v) is 32.0. The summed E-state index contributed by atoms with van der Waals surface area (Å²) in [7, 11) is 0. The Balaban J connectivity index is 0.969. The first-order valence-electron chi connectivity index (χ1n) is 20.1. The molecular formula is C56H35NO2. The van der Waals surface area contributed by atoms with Crippen molar-refractivity contribution in [3.8, 4) is 33.4 Å². The molecule has 0 saturated carbocycles. The molecule has 59 heavy (non-hydrogen) atoms. The second-order valence-electron chi connectivity index (χ2n) is 15.3. The Bertz CT molecular complexity index is 3550. The minimum absolute atomic E-state index is 0.858. The molecule has 3 nitrogen and oxygen atoms in total. The third-order valence-corrected chi connectivity index (χ3v) is 11.8. The molecule has 0 atom stereocenters. The minimum atomic E-state index is 0.858. The molecule has 10 aromatic carbocycles. The van der Waals surface area contributed by atoms with Gasteiger partial charge in [-0.15, -0.1) is 0 Å². The lowest BCUT2D eigenvalue weighted by Crippen LogP contribution is -2.10. The topological polar surface area (TPSA) is 29.5 Å². The molecule has 12 aromatic rings. The summed E-state index contributed by atoms with van der Waals surface area (Å²) in [4.78, 5) is 2.36. The largest absolute Gasteiger partial charge is 0.456 e. The Kier molecular flexibility index (Phi) is 7.54. The van der Waals surface area contributed by atoms with E-state index in [-0.39, 0.29) is 0 Å². The van der Waals surface area contributed by atoms with Crippen LogP contribution in [0.15, 0.2) is 221 Å². The number of furan rings is 2. The lowest BCUT2D eigenvalue weighted by atomic mass is 9.97. The van der Waals surface area contributed by atoms with Crippen LogP contribution in [0.4, 0.5) is 17.1 Å². The van der Waals surface area contributed by atoms with Crippen molar-refractivity contribution < 1.29 is 8.83 Å². The molecule has 2 aromatic heterocycles. The normalized spacial score (nSPS) is 11.7. The van der Waals surface area contributed by atoms with Gasteiger partial charge in [-0.3, -0.25) is 0 Å². The Hall–Kier alpha value is -7.88. The van der Waals surface area contributed by atoms with Crippen molar-refractivity contribution in [2.45, 2.75) is 0 Å². The molecule has 0 fully saturated rings. The van der Waals surface area contributed by atoms with E-state index in [1.165, 1.54) is 27.5 Å².